The standard InChI is InChI=1S/C22H26N2O2S/c1-5-15-8-6-7-9-18(15)24-19(25)14-27-20(24)16-10-12-17(13-11-16)23-21(26)22(2,3)4/h6-13,20H,5,14H2,1-4H3,(H,23,26)/t20-/m1/s1. The number of thioether (sulfide) groups is 1. The van der Waals surface area contributed by atoms with Crippen molar-refractivity contribution in [3.63, 3.8) is 0 Å². The summed E-state index contributed by atoms with van der Waals surface area (Å²) >= 11 is 1.64. The first kappa shape index (κ1) is 19.5. The lowest BCUT2D eigenvalue weighted by Gasteiger charge is -2.26. The van der Waals surface area contributed by atoms with E-state index in [1.165, 1.54) is 5.56 Å². The summed E-state index contributed by atoms with van der Waals surface area (Å²) in [5.41, 5.74) is 3.56. The second kappa shape index (κ2) is 7.77. The Morgan fingerprint density at radius 2 is 1.81 bits per heavy atom. The van der Waals surface area contributed by atoms with Crippen molar-refractivity contribution in [3.05, 3.63) is 59.7 Å². The van der Waals surface area contributed by atoms with Crippen molar-refractivity contribution in [2.45, 2.75) is 39.5 Å². The van der Waals surface area contributed by atoms with Crippen LogP contribution < -0.4 is 10.2 Å². The molecule has 2 amide bonds. The molecule has 1 atom stereocenters. The smallest absolute Gasteiger partial charge is 0.238 e. The minimum absolute atomic E-state index is 0.0147. The number of para-hydroxylation sites is 1. The van der Waals surface area contributed by atoms with Crippen molar-refractivity contribution in [1.82, 2.24) is 0 Å². The predicted molar refractivity (Wildman–Crippen MR) is 113 cm³/mol. The lowest BCUT2D eigenvalue weighted by molar-refractivity contribution is -0.123. The average molecular weight is 383 g/mol. The van der Waals surface area contributed by atoms with Gasteiger partial charge in [0.2, 0.25) is 11.8 Å². The zero-order valence-corrected chi connectivity index (χ0v) is 17.1. The van der Waals surface area contributed by atoms with Gasteiger partial charge in [-0.25, -0.2) is 0 Å². The van der Waals surface area contributed by atoms with Gasteiger partial charge in [0.05, 0.1) is 5.75 Å². The Labute approximate surface area is 165 Å². The number of rotatable bonds is 4. The van der Waals surface area contributed by atoms with Gasteiger partial charge < -0.3 is 5.32 Å². The van der Waals surface area contributed by atoms with Gasteiger partial charge in [0.15, 0.2) is 0 Å². The minimum atomic E-state index is -0.437. The van der Waals surface area contributed by atoms with Crippen molar-refractivity contribution < 1.29 is 9.59 Å². The van der Waals surface area contributed by atoms with Crippen molar-refractivity contribution in [1.29, 1.82) is 0 Å². The highest BCUT2D eigenvalue weighted by molar-refractivity contribution is 8.00. The van der Waals surface area contributed by atoms with Crippen LogP contribution in [0, 0.1) is 5.41 Å². The summed E-state index contributed by atoms with van der Waals surface area (Å²) in [6, 6.07) is 15.9. The molecular weight excluding hydrogens is 356 g/mol. The molecule has 0 unspecified atom stereocenters. The largest absolute Gasteiger partial charge is 0.326 e. The van der Waals surface area contributed by atoms with Crippen LogP contribution in [0.5, 0.6) is 0 Å². The fourth-order valence-corrected chi connectivity index (χ4v) is 4.19. The third-order valence-electron chi connectivity index (χ3n) is 4.63. The number of carbonyl (C=O) groups excluding carboxylic acids is 2. The van der Waals surface area contributed by atoms with Gasteiger partial charge in [-0.15, -0.1) is 11.8 Å². The fourth-order valence-electron chi connectivity index (χ4n) is 3.03. The minimum Gasteiger partial charge on any atom is -0.326 e. The molecule has 0 bridgehead atoms. The number of hydrogen-bond donors (Lipinski definition) is 1. The van der Waals surface area contributed by atoms with Crippen LogP contribution in [0.4, 0.5) is 11.4 Å². The topological polar surface area (TPSA) is 49.4 Å². The normalized spacial score (nSPS) is 17.3. The molecule has 1 heterocycles. The van der Waals surface area contributed by atoms with Gasteiger partial charge in [0.1, 0.15) is 5.37 Å². The van der Waals surface area contributed by atoms with E-state index in [0.717, 1.165) is 23.4 Å². The Balaban J connectivity index is 1.85. The van der Waals surface area contributed by atoms with Crippen LogP contribution in [0.3, 0.4) is 0 Å². The number of aryl methyl sites for hydroxylation is 1. The molecule has 1 saturated heterocycles. The molecular formula is C22H26N2O2S. The molecule has 2 aromatic rings. The van der Waals surface area contributed by atoms with Crippen molar-refractivity contribution in [2.24, 2.45) is 5.41 Å². The Bertz CT molecular complexity index is 840. The lowest BCUT2D eigenvalue weighted by Crippen LogP contribution is -2.29. The highest BCUT2D eigenvalue weighted by Gasteiger charge is 2.34. The zero-order chi connectivity index (χ0) is 19.6. The summed E-state index contributed by atoms with van der Waals surface area (Å²) in [6.45, 7) is 7.77. The third-order valence-corrected chi connectivity index (χ3v) is 5.85. The molecule has 5 heteroatoms. The average Bonchev–Trinajstić information content (AvgIpc) is 3.02. The number of hydrogen-bond acceptors (Lipinski definition) is 3. The van der Waals surface area contributed by atoms with Crippen LogP contribution in [-0.2, 0) is 16.0 Å². The molecule has 0 spiro atoms. The number of nitrogens with one attached hydrogen (secondary N) is 1. The van der Waals surface area contributed by atoms with E-state index < -0.39 is 5.41 Å². The second-order valence-electron chi connectivity index (χ2n) is 7.74. The molecule has 4 nitrogen and oxygen atoms in total. The maximum Gasteiger partial charge on any atom is 0.238 e. The molecule has 1 aliphatic rings. The summed E-state index contributed by atoms with van der Waals surface area (Å²) < 4.78 is 0. The van der Waals surface area contributed by atoms with Crippen LogP contribution in [0.1, 0.15) is 44.2 Å². The van der Waals surface area contributed by atoms with Crippen LogP contribution in [0.15, 0.2) is 48.5 Å². The van der Waals surface area contributed by atoms with E-state index in [1.54, 1.807) is 11.8 Å². The Morgan fingerprint density at radius 3 is 2.44 bits per heavy atom. The Morgan fingerprint density at radius 1 is 1.15 bits per heavy atom. The van der Waals surface area contributed by atoms with Gasteiger partial charge in [0, 0.05) is 16.8 Å². The number of amides is 2. The fraction of sp³-hybridized carbons (Fsp3) is 0.364. The molecule has 1 fully saturated rings. The highest BCUT2D eigenvalue weighted by atomic mass is 32.2. The van der Waals surface area contributed by atoms with Gasteiger partial charge in [-0.1, -0.05) is 58.0 Å². The van der Waals surface area contributed by atoms with Crippen molar-refractivity contribution in [2.75, 3.05) is 16.0 Å². The Hall–Kier alpha value is -2.27. The van der Waals surface area contributed by atoms with Crippen LogP contribution in [0.2, 0.25) is 0 Å². The molecule has 0 aliphatic carbocycles. The third kappa shape index (κ3) is 4.19. The van der Waals surface area contributed by atoms with E-state index in [4.69, 9.17) is 0 Å². The molecule has 2 aromatic carbocycles. The van der Waals surface area contributed by atoms with Gasteiger partial charge >= 0.3 is 0 Å². The second-order valence-corrected chi connectivity index (χ2v) is 8.80. The molecule has 1 N–H and O–H groups in total. The number of benzene rings is 2. The summed E-state index contributed by atoms with van der Waals surface area (Å²) in [4.78, 5) is 26.7. The number of nitrogens with zero attached hydrogens (tertiary/aromatic N) is 1. The van der Waals surface area contributed by atoms with E-state index in [0.29, 0.717) is 5.75 Å². The van der Waals surface area contributed by atoms with Gasteiger partial charge in [-0.05, 0) is 35.7 Å². The molecule has 3 rings (SSSR count). The van der Waals surface area contributed by atoms with Crippen molar-refractivity contribution >= 4 is 35.0 Å². The quantitative estimate of drug-likeness (QED) is 0.808. The molecule has 1 aliphatic heterocycles. The summed E-state index contributed by atoms with van der Waals surface area (Å²) in [5, 5.41) is 2.90. The number of anilines is 2. The van der Waals surface area contributed by atoms with Gasteiger partial charge in [-0.2, -0.15) is 0 Å². The van der Waals surface area contributed by atoms with Crippen molar-refractivity contribution in [3.8, 4) is 0 Å². The van der Waals surface area contributed by atoms with E-state index in [-0.39, 0.29) is 17.2 Å². The summed E-state index contributed by atoms with van der Waals surface area (Å²) in [5.74, 6) is 0.598. The first-order chi connectivity index (χ1) is 12.8. The van der Waals surface area contributed by atoms with E-state index in [1.807, 2.05) is 68.1 Å². The summed E-state index contributed by atoms with van der Waals surface area (Å²) in [6.07, 6.45) is 0.884. The zero-order valence-electron chi connectivity index (χ0n) is 16.3. The van der Waals surface area contributed by atoms with E-state index >= 15 is 0 Å². The predicted octanol–water partition coefficient (Wildman–Crippen LogP) is 5.01. The van der Waals surface area contributed by atoms with Crippen LogP contribution in [-0.4, -0.2) is 17.6 Å². The van der Waals surface area contributed by atoms with Crippen LogP contribution in [0.25, 0.3) is 0 Å². The molecule has 0 saturated carbocycles. The molecule has 27 heavy (non-hydrogen) atoms. The Kier molecular flexibility index (Phi) is 5.61. The van der Waals surface area contributed by atoms with Crippen LogP contribution >= 0.6 is 11.8 Å². The van der Waals surface area contributed by atoms with E-state index in [9.17, 15) is 9.59 Å². The molecule has 0 aromatic heterocycles. The summed E-state index contributed by atoms with van der Waals surface area (Å²) in [7, 11) is 0. The molecule has 0 radical (unpaired) electrons. The van der Waals surface area contributed by atoms with Gasteiger partial charge in [0.25, 0.3) is 0 Å². The maximum absolute atomic E-state index is 12.6. The first-order valence-corrected chi connectivity index (χ1v) is 10.3. The maximum atomic E-state index is 12.6. The van der Waals surface area contributed by atoms with Gasteiger partial charge in [-0.3, -0.25) is 14.5 Å². The molecule has 142 valence electrons. The van der Waals surface area contributed by atoms with E-state index in [2.05, 4.69) is 18.3 Å². The highest BCUT2D eigenvalue weighted by Crippen LogP contribution is 2.43. The monoisotopic (exact) mass is 382 g/mol. The lowest BCUT2D eigenvalue weighted by atomic mass is 9.95. The first-order valence-electron chi connectivity index (χ1n) is 9.24. The number of carbonyl (C=O) groups is 2. The SMILES string of the molecule is CCc1ccccc1N1C(=O)CS[C@@H]1c1ccc(NC(=O)C(C)(C)C)cc1.